The van der Waals surface area contributed by atoms with Crippen molar-refractivity contribution in [3.63, 3.8) is 0 Å². The molecule has 0 heterocycles. The highest BCUT2D eigenvalue weighted by Crippen LogP contribution is 3.61. The molecule has 24 aliphatic carbocycles. The van der Waals surface area contributed by atoms with Gasteiger partial charge < -0.3 is 0 Å². The molecule has 14 spiro atoms. The highest BCUT2D eigenvalue weighted by Gasteiger charge is 3.60. The summed E-state index contributed by atoms with van der Waals surface area (Å²) < 4.78 is 0. The molecule has 0 amide bonds. The van der Waals surface area contributed by atoms with E-state index in [2.05, 4.69) is 118 Å². The van der Waals surface area contributed by atoms with Gasteiger partial charge in [0.15, 0.2) is 0 Å². The summed E-state index contributed by atoms with van der Waals surface area (Å²) in [5.41, 5.74) is 18.2. The van der Waals surface area contributed by atoms with Gasteiger partial charge in [0.2, 0.25) is 0 Å². The van der Waals surface area contributed by atoms with E-state index in [-0.39, 0.29) is 0 Å². The molecular formula is C53H60. The lowest BCUT2D eigenvalue weighted by Gasteiger charge is -3.59. The maximum Gasteiger partial charge on any atom is -0.00135 e. The Bertz CT molecular complexity index is 2670. The summed E-state index contributed by atoms with van der Waals surface area (Å²) in [6, 6.07) is 0. The van der Waals surface area contributed by atoms with Crippen LogP contribution in [-0.2, 0) is 0 Å². The monoisotopic (exact) mass is 696 g/mol. The van der Waals surface area contributed by atoms with Gasteiger partial charge in [-0.25, -0.2) is 0 Å². The zero-order valence-corrected chi connectivity index (χ0v) is 35.7. The van der Waals surface area contributed by atoms with Gasteiger partial charge in [-0.05, 0) is 199 Å². The minimum atomic E-state index is 0.450. The lowest BCUT2D eigenvalue weighted by molar-refractivity contribution is -1.14. The first-order valence-electron chi connectivity index (χ1n) is 24.4. The molecule has 53 heavy (non-hydrogen) atoms. The molecule has 272 valence electrons. The van der Waals surface area contributed by atoms with Crippen LogP contribution >= 0.6 is 0 Å². The molecule has 0 nitrogen and oxygen atoms in total. The maximum absolute atomic E-state index is 3.19. The molecule has 0 aromatic rings. The van der Waals surface area contributed by atoms with Crippen LogP contribution in [0.1, 0.15) is 118 Å². The number of hydrogen-bond acceptors (Lipinski definition) is 0. The zero-order valence-electron chi connectivity index (χ0n) is 35.7. The lowest BCUT2D eigenvalue weighted by atomic mass is 8.43. The SMILES string of the molecule is CC1[C@@H]2[C@@H]3[C@@H]4C5[C@@H]6[C@@H]7[C@@H]8[C@H](C)[C@@]9(C)[C@@]%10(C)C(C)(C)[C@]%11(C)[C@]%12(C)C%13(C)C%14(C)C%15(C)[C@]%16(C)[C@]%17(C)C(C)(C)C%18(C)C1(C)[C@@]21[C@@]32[C@@]43C54C%14([C@@]%153[C@@]%162[C@@]%18%171)[C@@]%131[C@]64[C@@]72[C@]89[C@@]%10%11[C@]%1212. The molecule has 0 bridgehead atoms. The Balaban J connectivity index is 0.917. The lowest BCUT2D eigenvalue weighted by Crippen LogP contribution is -3.57. The van der Waals surface area contributed by atoms with E-state index in [1.54, 1.807) is 0 Å². The predicted molar refractivity (Wildman–Crippen MR) is 194 cm³/mol. The summed E-state index contributed by atoms with van der Waals surface area (Å²) in [6.07, 6.45) is 0. The van der Waals surface area contributed by atoms with Crippen LogP contribution in [0.15, 0.2) is 0 Å². The van der Waals surface area contributed by atoms with E-state index in [0.717, 1.165) is 88.7 Å². The van der Waals surface area contributed by atoms with E-state index in [4.69, 9.17) is 0 Å². The Labute approximate surface area is 316 Å². The van der Waals surface area contributed by atoms with Crippen molar-refractivity contribution in [3.05, 3.63) is 0 Å². The highest BCUT2D eigenvalue weighted by atomic mass is 15.6. The molecule has 0 aliphatic heterocycles. The number of hydrogen-bond donors (Lipinski definition) is 0. The average Bonchev–Trinajstić information content (AvgIpc) is 3.06. The standard InChI is InChI=1S/C53H60/c1-18-20-22-24-26-25-23-21-19(2)30(8)32(10)28(5,6)34(12)36(14)38(16)39(17)37(15)35(13)33(11)27(3,4)31(9)29(18,7)40(20)42(22)44(24)46(26)45(25)43(23)41(21,30)48(32,34)50(36,43)52(38,45)53(39,46)51(37,44)49(35,42)47(31,33)40/h18-26H,1-17H3/t18-,19?,20-,21+,22-,23+,24-,25+,26?,29-,30?,31+,32?,33+,34-,35+,36-,37?,38?,39?,40-,41+,42-,43+,44-,45+,46?,47+,48-,49+,50-,51+,52-,53?/m0/s1. The van der Waals surface area contributed by atoms with Gasteiger partial charge in [0.25, 0.3) is 0 Å². The fourth-order valence-corrected chi connectivity index (χ4v) is 47.3. The molecule has 0 saturated heterocycles. The van der Waals surface area contributed by atoms with Crippen LogP contribution in [0.3, 0.4) is 0 Å². The quantitative estimate of drug-likeness (QED) is 0.237. The highest BCUT2D eigenvalue weighted by molar-refractivity contribution is 6.05. The molecule has 0 aromatic carbocycles. The predicted octanol–water partition coefficient (Wildman–Crippen LogP) is 9.83. The fraction of sp³-hybridized carbons (Fsp3) is 1.00. The van der Waals surface area contributed by atoms with Crippen LogP contribution in [0.4, 0.5) is 0 Å². The Morgan fingerprint density at radius 2 is 0.453 bits per heavy atom. The summed E-state index contributed by atoms with van der Waals surface area (Å²) in [5.74, 6) is 10.3. The first kappa shape index (κ1) is 24.8. The van der Waals surface area contributed by atoms with Crippen LogP contribution in [0, 0.1) is 199 Å². The Morgan fingerprint density at radius 3 is 0.755 bits per heavy atom. The van der Waals surface area contributed by atoms with Crippen molar-refractivity contribution in [1.82, 2.24) is 0 Å². The summed E-state index contributed by atoms with van der Waals surface area (Å²) in [7, 11) is 0. The molecule has 0 N–H and O–H groups in total. The van der Waals surface area contributed by atoms with Gasteiger partial charge in [-0.15, -0.1) is 0 Å². The van der Waals surface area contributed by atoms with Gasteiger partial charge >= 0.3 is 0 Å². The van der Waals surface area contributed by atoms with E-state index in [1.807, 2.05) is 0 Å². The van der Waals surface area contributed by atoms with E-state index < -0.39 is 0 Å². The van der Waals surface area contributed by atoms with Gasteiger partial charge in [-0.1, -0.05) is 118 Å². The van der Waals surface area contributed by atoms with Crippen molar-refractivity contribution in [2.45, 2.75) is 118 Å². The van der Waals surface area contributed by atoms with Crippen molar-refractivity contribution >= 4 is 0 Å². The zero-order chi connectivity index (χ0) is 35.7. The minimum Gasteiger partial charge on any atom is -0.0616 e. The second-order valence-corrected chi connectivity index (χ2v) is 31.9. The normalized spacial score (nSPS) is 113. The van der Waals surface area contributed by atoms with E-state index in [1.165, 1.54) is 29.6 Å². The summed E-state index contributed by atoms with van der Waals surface area (Å²) >= 11 is 0. The van der Waals surface area contributed by atoms with Gasteiger partial charge in [0.1, 0.15) is 0 Å². The van der Waals surface area contributed by atoms with Gasteiger partial charge in [-0.3, -0.25) is 0 Å². The van der Waals surface area contributed by atoms with Gasteiger partial charge in [0.05, 0.1) is 0 Å². The van der Waals surface area contributed by atoms with Crippen molar-refractivity contribution in [2.24, 2.45) is 199 Å². The maximum atomic E-state index is 3.19. The Morgan fingerprint density at radius 1 is 0.226 bits per heavy atom. The summed E-state index contributed by atoms with van der Waals surface area (Å²) in [4.78, 5) is 0. The number of fused-ring (bicyclic) bond motifs is 14. The third-order valence-electron chi connectivity index (χ3n) is 41.4. The van der Waals surface area contributed by atoms with Crippen molar-refractivity contribution < 1.29 is 0 Å². The number of rotatable bonds is 0. The van der Waals surface area contributed by atoms with Crippen LogP contribution in [0.25, 0.3) is 0 Å². The molecule has 24 fully saturated rings. The molecule has 24 rings (SSSR count). The van der Waals surface area contributed by atoms with Gasteiger partial charge in [0, 0.05) is 0 Å². The molecule has 0 heteroatoms. The first-order valence-corrected chi connectivity index (χ1v) is 24.4. The van der Waals surface area contributed by atoms with Crippen molar-refractivity contribution in [2.75, 3.05) is 0 Å². The van der Waals surface area contributed by atoms with Crippen LogP contribution in [-0.4, -0.2) is 0 Å². The molecule has 0 radical (unpaired) electrons. The average molecular weight is 697 g/mol. The molecule has 24 aliphatic rings. The van der Waals surface area contributed by atoms with Crippen LogP contribution < -0.4 is 0 Å². The Hall–Kier alpha value is 0. The Kier molecular flexibility index (Phi) is 1.77. The summed E-state index contributed by atoms with van der Waals surface area (Å²) in [6.45, 7) is 51.2. The second-order valence-electron chi connectivity index (χ2n) is 31.9. The molecule has 0 aromatic heterocycles. The third-order valence-corrected chi connectivity index (χ3v) is 41.4. The minimum absolute atomic E-state index is 0.450. The van der Waals surface area contributed by atoms with Crippen LogP contribution in [0.5, 0.6) is 0 Å². The van der Waals surface area contributed by atoms with E-state index in [9.17, 15) is 0 Å². The van der Waals surface area contributed by atoms with Crippen LogP contribution in [0.2, 0.25) is 0 Å². The third kappa shape index (κ3) is 0.604. The molecule has 34 atom stereocenters. The second kappa shape index (κ2) is 3.79. The van der Waals surface area contributed by atoms with Crippen molar-refractivity contribution in [3.8, 4) is 0 Å². The first-order chi connectivity index (χ1) is 24.4. The van der Waals surface area contributed by atoms with E-state index >= 15 is 0 Å². The molecular weight excluding hydrogens is 637 g/mol. The smallest absolute Gasteiger partial charge is 0.00135 e. The topological polar surface area (TPSA) is 0 Å². The fourth-order valence-electron chi connectivity index (χ4n) is 47.3. The van der Waals surface area contributed by atoms with E-state index in [0.29, 0.717) is 81.2 Å². The molecule has 24 saturated carbocycles. The van der Waals surface area contributed by atoms with Crippen molar-refractivity contribution in [1.29, 1.82) is 0 Å². The summed E-state index contributed by atoms with van der Waals surface area (Å²) in [5, 5.41) is 0. The van der Waals surface area contributed by atoms with Gasteiger partial charge in [-0.2, -0.15) is 0 Å². The molecule has 9 unspecified atom stereocenters. The largest absolute Gasteiger partial charge is 0.0616 e.